The summed E-state index contributed by atoms with van der Waals surface area (Å²) in [6, 6.07) is 8.94. The first-order valence-electron chi connectivity index (χ1n) is 7.38. The maximum absolute atomic E-state index is 2.40. The van der Waals surface area contributed by atoms with Crippen molar-refractivity contribution in [1.29, 1.82) is 0 Å². The zero-order valence-electron chi connectivity index (χ0n) is 12.8. The van der Waals surface area contributed by atoms with Crippen molar-refractivity contribution in [3.8, 4) is 0 Å². The van der Waals surface area contributed by atoms with Gasteiger partial charge in [0.25, 0.3) is 0 Å². The Labute approximate surface area is 128 Å². The van der Waals surface area contributed by atoms with E-state index in [0.717, 1.165) is 11.8 Å². The summed E-state index contributed by atoms with van der Waals surface area (Å²) < 4.78 is 0. The van der Waals surface area contributed by atoms with Gasteiger partial charge in [-0.15, -0.1) is 23.5 Å². The highest BCUT2D eigenvalue weighted by molar-refractivity contribution is 7.99. The summed E-state index contributed by atoms with van der Waals surface area (Å²) in [4.78, 5) is 2.76. The maximum Gasteiger partial charge on any atom is 0.00727 e. The average molecular weight is 297 g/mol. The molecule has 1 aromatic carbocycles. The van der Waals surface area contributed by atoms with Gasteiger partial charge in [-0.1, -0.05) is 40.0 Å². The molecule has 0 aliphatic rings. The third-order valence-corrected chi connectivity index (χ3v) is 5.21. The quantitative estimate of drug-likeness (QED) is 0.487. The Morgan fingerprint density at radius 2 is 1.53 bits per heavy atom. The van der Waals surface area contributed by atoms with Crippen molar-refractivity contribution in [1.82, 2.24) is 0 Å². The Morgan fingerprint density at radius 3 is 2.11 bits per heavy atom. The van der Waals surface area contributed by atoms with Crippen LogP contribution in [0.25, 0.3) is 0 Å². The Bertz CT molecular complexity index is 330. The molecule has 1 aromatic rings. The van der Waals surface area contributed by atoms with E-state index in [0.29, 0.717) is 0 Å². The van der Waals surface area contributed by atoms with Crippen LogP contribution in [0.1, 0.15) is 46.5 Å². The number of thioether (sulfide) groups is 2. The van der Waals surface area contributed by atoms with E-state index in [2.05, 4.69) is 51.3 Å². The van der Waals surface area contributed by atoms with Crippen LogP contribution in [0.2, 0.25) is 0 Å². The number of hydrogen-bond acceptors (Lipinski definition) is 2. The largest absolute Gasteiger partial charge is 0.130 e. The van der Waals surface area contributed by atoms with Gasteiger partial charge in [0.15, 0.2) is 0 Å². The van der Waals surface area contributed by atoms with E-state index in [1.165, 1.54) is 41.2 Å². The van der Waals surface area contributed by atoms with Gasteiger partial charge in [0.1, 0.15) is 0 Å². The Morgan fingerprint density at radius 1 is 0.895 bits per heavy atom. The van der Waals surface area contributed by atoms with E-state index in [4.69, 9.17) is 0 Å². The highest BCUT2D eigenvalue weighted by atomic mass is 32.2. The van der Waals surface area contributed by atoms with Crippen molar-refractivity contribution in [2.24, 2.45) is 11.8 Å². The second-order valence-electron chi connectivity index (χ2n) is 5.74. The SMILES string of the molecule is CSc1ccc(SCCC(C)CCCC(C)C)cc1. The summed E-state index contributed by atoms with van der Waals surface area (Å²) in [5.41, 5.74) is 0. The van der Waals surface area contributed by atoms with Gasteiger partial charge in [0.05, 0.1) is 0 Å². The molecule has 0 saturated heterocycles. The predicted molar refractivity (Wildman–Crippen MR) is 91.4 cm³/mol. The summed E-state index contributed by atoms with van der Waals surface area (Å²) in [7, 11) is 0. The van der Waals surface area contributed by atoms with Gasteiger partial charge in [-0.2, -0.15) is 0 Å². The van der Waals surface area contributed by atoms with E-state index in [9.17, 15) is 0 Å². The lowest BCUT2D eigenvalue weighted by Gasteiger charge is -2.12. The van der Waals surface area contributed by atoms with Gasteiger partial charge in [-0.3, -0.25) is 0 Å². The van der Waals surface area contributed by atoms with E-state index < -0.39 is 0 Å². The average Bonchev–Trinajstić information content (AvgIpc) is 2.39. The van der Waals surface area contributed by atoms with Gasteiger partial charge in [0.2, 0.25) is 0 Å². The smallest absolute Gasteiger partial charge is 0.00727 e. The molecule has 0 aliphatic carbocycles. The van der Waals surface area contributed by atoms with Crippen LogP contribution >= 0.6 is 23.5 Å². The normalized spacial score (nSPS) is 12.9. The van der Waals surface area contributed by atoms with Gasteiger partial charge in [0, 0.05) is 9.79 Å². The third kappa shape index (κ3) is 7.94. The van der Waals surface area contributed by atoms with Crippen LogP contribution < -0.4 is 0 Å². The second kappa shape index (κ2) is 9.77. The molecule has 0 radical (unpaired) electrons. The molecule has 1 unspecified atom stereocenters. The standard InChI is InChI=1S/C17H28S2/c1-14(2)6-5-7-15(3)12-13-19-17-10-8-16(18-4)9-11-17/h8-11,14-15H,5-7,12-13H2,1-4H3. The highest BCUT2D eigenvalue weighted by Gasteiger charge is 2.04. The molecule has 0 aromatic heterocycles. The van der Waals surface area contributed by atoms with E-state index >= 15 is 0 Å². The second-order valence-corrected chi connectivity index (χ2v) is 7.79. The molecule has 1 atom stereocenters. The predicted octanol–water partition coefficient (Wildman–Crippen LogP) is 6.35. The van der Waals surface area contributed by atoms with E-state index in [1.807, 2.05) is 23.5 Å². The zero-order valence-corrected chi connectivity index (χ0v) is 14.4. The monoisotopic (exact) mass is 296 g/mol. The fraction of sp³-hybridized carbons (Fsp3) is 0.647. The first-order valence-corrected chi connectivity index (χ1v) is 9.59. The molecule has 0 aliphatic heterocycles. The van der Waals surface area contributed by atoms with Crippen LogP contribution in [0.5, 0.6) is 0 Å². The molecule has 108 valence electrons. The summed E-state index contributed by atoms with van der Waals surface area (Å²) in [5, 5.41) is 0. The molecular weight excluding hydrogens is 268 g/mol. The maximum atomic E-state index is 2.40. The van der Waals surface area contributed by atoms with Crippen molar-refractivity contribution >= 4 is 23.5 Å². The molecule has 0 fully saturated rings. The molecule has 0 saturated carbocycles. The summed E-state index contributed by atoms with van der Waals surface area (Å²) >= 11 is 3.81. The Balaban J connectivity index is 2.14. The lowest BCUT2D eigenvalue weighted by Crippen LogP contribution is -1.98. The topological polar surface area (TPSA) is 0 Å². The van der Waals surface area contributed by atoms with Crippen molar-refractivity contribution in [3.63, 3.8) is 0 Å². The molecule has 0 nitrogen and oxygen atoms in total. The summed E-state index contributed by atoms with van der Waals surface area (Å²) in [6.07, 6.45) is 7.64. The third-order valence-electron chi connectivity index (χ3n) is 3.42. The van der Waals surface area contributed by atoms with Crippen molar-refractivity contribution in [3.05, 3.63) is 24.3 Å². The molecule has 19 heavy (non-hydrogen) atoms. The number of rotatable bonds is 9. The van der Waals surface area contributed by atoms with Crippen molar-refractivity contribution in [2.45, 2.75) is 56.2 Å². The zero-order chi connectivity index (χ0) is 14.1. The fourth-order valence-corrected chi connectivity index (χ4v) is 3.56. The molecule has 0 bridgehead atoms. The first-order chi connectivity index (χ1) is 9.11. The number of benzene rings is 1. The van der Waals surface area contributed by atoms with Gasteiger partial charge >= 0.3 is 0 Å². The van der Waals surface area contributed by atoms with Crippen LogP contribution in [0, 0.1) is 11.8 Å². The minimum atomic E-state index is 0.858. The van der Waals surface area contributed by atoms with E-state index in [1.54, 1.807) is 0 Å². The molecular formula is C17H28S2. The highest BCUT2D eigenvalue weighted by Crippen LogP contribution is 2.25. The van der Waals surface area contributed by atoms with Crippen LogP contribution in [-0.2, 0) is 0 Å². The number of hydrogen-bond donors (Lipinski definition) is 0. The minimum Gasteiger partial charge on any atom is -0.130 e. The fourth-order valence-electron chi connectivity index (χ4n) is 2.07. The minimum absolute atomic E-state index is 0.858. The lowest BCUT2D eigenvalue weighted by molar-refractivity contribution is 0.451. The van der Waals surface area contributed by atoms with Gasteiger partial charge in [-0.25, -0.2) is 0 Å². The summed E-state index contributed by atoms with van der Waals surface area (Å²) in [6.45, 7) is 7.04. The molecule has 0 spiro atoms. The molecule has 0 amide bonds. The van der Waals surface area contributed by atoms with Crippen LogP contribution in [-0.4, -0.2) is 12.0 Å². The van der Waals surface area contributed by atoms with Crippen LogP contribution in [0.4, 0.5) is 0 Å². The van der Waals surface area contributed by atoms with Crippen LogP contribution in [0.15, 0.2) is 34.1 Å². The molecule has 0 heterocycles. The van der Waals surface area contributed by atoms with Gasteiger partial charge < -0.3 is 0 Å². The van der Waals surface area contributed by atoms with Crippen molar-refractivity contribution < 1.29 is 0 Å². The van der Waals surface area contributed by atoms with Crippen molar-refractivity contribution in [2.75, 3.05) is 12.0 Å². The Kier molecular flexibility index (Phi) is 8.72. The lowest BCUT2D eigenvalue weighted by atomic mass is 9.98. The Hall–Kier alpha value is -0.0800. The van der Waals surface area contributed by atoms with Gasteiger partial charge in [-0.05, 0) is 54.5 Å². The molecule has 1 rings (SSSR count). The molecule has 2 heteroatoms. The van der Waals surface area contributed by atoms with Crippen LogP contribution in [0.3, 0.4) is 0 Å². The van der Waals surface area contributed by atoms with E-state index in [-0.39, 0.29) is 0 Å². The molecule has 0 N–H and O–H groups in total. The first kappa shape index (κ1) is 17.0. The summed E-state index contributed by atoms with van der Waals surface area (Å²) in [5.74, 6) is 2.98.